The molecule has 7 heteroatoms. The van der Waals surface area contributed by atoms with Crippen molar-refractivity contribution in [2.75, 3.05) is 14.2 Å². The number of benzene rings is 1. The van der Waals surface area contributed by atoms with E-state index in [0.29, 0.717) is 13.1 Å². The topological polar surface area (TPSA) is 63.5 Å². The maximum absolute atomic E-state index is 5.16. The Balaban J connectivity index is 0.00000288. The molecule has 0 bridgehead atoms. The number of aromatic nitrogens is 2. The molecule has 6 nitrogen and oxygen atoms in total. The van der Waals surface area contributed by atoms with Gasteiger partial charge in [0.25, 0.3) is 0 Å². The van der Waals surface area contributed by atoms with E-state index in [9.17, 15) is 0 Å². The first-order valence-electron chi connectivity index (χ1n) is 7.61. The van der Waals surface area contributed by atoms with Gasteiger partial charge in [-0.2, -0.15) is 5.10 Å². The summed E-state index contributed by atoms with van der Waals surface area (Å²) in [5, 5.41) is 11.1. The number of nitrogens with one attached hydrogen (secondary N) is 2. The monoisotopic (exact) mass is 443 g/mol. The maximum Gasteiger partial charge on any atom is 0.191 e. The molecule has 1 heterocycles. The summed E-state index contributed by atoms with van der Waals surface area (Å²) in [7, 11) is 5.40. The largest absolute Gasteiger partial charge is 0.497 e. The fourth-order valence-electron chi connectivity index (χ4n) is 2.40. The molecule has 0 atom stereocenters. The van der Waals surface area contributed by atoms with Crippen molar-refractivity contribution < 1.29 is 4.74 Å². The van der Waals surface area contributed by atoms with E-state index in [1.807, 2.05) is 42.9 Å². The molecule has 1 aromatic heterocycles. The van der Waals surface area contributed by atoms with Crippen LogP contribution >= 0.6 is 24.0 Å². The standard InChI is InChI=1S/C17H25N5O.HI/c1-12-16(13(2)22(4)21-12)11-20-17(18-3)19-10-14-6-8-15(23-5)9-7-14;/h6-9H,10-11H2,1-5H3,(H2,18,19,20);1H. The summed E-state index contributed by atoms with van der Waals surface area (Å²) in [4.78, 5) is 4.26. The second-order valence-corrected chi connectivity index (χ2v) is 5.40. The van der Waals surface area contributed by atoms with Gasteiger partial charge in [-0.3, -0.25) is 9.67 Å². The number of nitrogens with zero attached hydrogens (tertiary/aromatic N) is 3. The molecule has 24 heavy (non-hydrogen) atoms. The minimum absolute atomic E-state index is 0. The molecule has 2 aromatic rings. The SMILES string of the molecule is CN=C(NCc1ccc(OC)cc1)NCc1c(C)nn(C)c1C.I. The van der Waals surface area contributed by atoms with E-state index < -0.39 is 0 Å². The Morgan fingerprint density at radius 1 is 1.17 bits per heavy atom. The Morgan fingerprint density at radius 3 is 2.29 bits per heavy atom. The van der Waals surface area contributed by atoms with E-state index >= 15 is 0 Å². The number of ether oxygens (including phenoxy) is 1. The third-order valence-electron chi connectivity index (χ3n) is 3.93. The van der Waals surface area contributed by atoms with E-state index in [-0.39, 0.29) is 24.0 Å². The average molecular weight is 443 g/mol. The molecular formula is C17H26IN5O. The second-order valence-electron chi connectivity index (χ2n) is 5.40. The van der Waals surface area contributed by atoms with Crippen LogP contribution in [0.1, 0.15) is 22.5 Å². The maximum atomic E-state index is 5.16. The van der Waals surface area contributed by atoms with Gasteiger partial charge in [0.15, 0.2) is 5.96 Å². The molecule has 1 aromatic carbocycles. The van der Waals surface area contributed by atoms with Crippen molar-refractivity contribution in [2.45, 2.75) is 26.9 Å². The zero-order valence-electron chi connectivity index (χ0n) is 14.9. The molecule has 0 spiro atoms. The molecule has 2 N–H and O–H groups in total. The first-order chi connectivity index (χ1) is 11.0. The van der Waals surface area contributed by atoms with Crippen molar-refractivity contribution in [3.63, 3.8) is 0 Å². The fourth-order valence-corrected chi connectivity index (χ4v) is 2.40. The van der Waals surface area contributed by atoms with Gasteiger partial charge in [-0.1, -0.05) is 12.1 Å². The minimum atomic E-state index is 0. The van der Waals surface area contributed by atoms with Crippen molar-refractivity contribution in [1.29, 1.82) is 0 Å². The molecule has 0 fully saturated rings. The van der Waals surface area contributed by atoms with E-state index in [2.05, 4.69) is 27.6 Å². The van der Waals surface area contributed by atoms with Gasteiger partial charge < -0.3 is 15.4 Å². The van der Waals surface area contributed by atoms with Gasteiger partial charge in [-0.05, 0) is 31.5 Å². The molecule has 2 rings (SSSR count). The second kappa shape index (κ2) is 9.51. The Kier molecular flexibility index (Phi) is 8.03. The van der Waals surface area contributed by atoms with Gasteiger partial charge in [-0.15, -0.1) is 24.0 Å². The molecule has 132 valence electrons. The zero-order valence-corrected chi connectivity index (χ0v) is 17.2. The van der Waals surface area contributed by atoms with Crippen LogP contribution in [0.3, 0.4) is 0 Å². The first kappa shape index (κ1) is 20.3. The van der Waals surface area contributed by atoms with E-state index in [4.69, 9.17) is 4.74 Å². The summed E-state index contributed by atoms with van der Waals surface area (Å²) in [6.07, 6.45) is 0. The predicted molar refractivity (Wildman–Crippen MR) is 108 cm³/mol. The van der Waals surface area contributed by atoms with Crippen molar-refractivity contribution in [3.05, 3.63) is 46.8 Å². The lowest BCUT2D eigenvalue weighted by Crippen LogP contribution is -2.36. The number of aryl methyl sites for hydroxylation is 2. The zero-order chi connectivity index (χ0) is 16.8. The lowest BCUT2D eigenvalue weighted by molar-refractivity contribution is 0.414. The Bertz CT molecular complexity index is 679. The van der Waals surface area contributed by atoms with E-state index in [1.165, 1.54) is 16.8 Å². The number of hydrogen-bond acceptors (Lipinski definition) is 3. The number of halogens is 1. The highest BCUT2D eigenvalue weighted by molar-refractivity contribution is 14.0. The normalized spacial score (nSPS) is 11.0. The van der Waals surface area contributed by atoms with Crippen LogP contribution in [-0.4, -0.2) is 29.9 Å². The molecule has 0 aliphatic rings. The lowest BCUT2D eigenvalue weighted by atomic mass is 10.2. The van der Waals surface area contributed by atoms with Gasteiger partial charge in [0.1, 0.15) is 5.75 Å². The number of rotatable bonds is 5. The van der Waals surface area contributed by atoms with Gasteiger partial charge in [0.2, 0.25) is 0 Å². The van der Waals surface area contributed by atoms with E-state index in [0.717, 1.165) is 17.4 Å². The van der Waals surface area contributed by atoms with Crippen molar-refractivity contribution in [2.24, 2.45) is 12.0 Å². The van der Waals surface area contributed by atoms with Crippen LogP contribution in [0.15, 0.2) is 29.3 Å². The summed E-state index contributed by atoms with van der Waals surface area (Å²) in [6.45, 7) is 5.50. The minimum Gasteiger partial charge on any atom is -0.497 e. The Hall–Kier alpha value is -1.77. The summed E-state index contributed by atoms with van der Waals surface area (Å²) < 4.78 is 7.07. The van der Waals surface area contributed by atoms with E-state index in [1.54, 1.807) is 14.2 Å². The van der Waals surface area contributed by atoms with Crippen LogP contribution in [0, 0.1) is 13.8 Å². The predicted octanol–water partition coefficient (Wildman–Crippen LogP) is 2.53. The summed E-state index contributed by atoms with van der Waals surface area (Å²) in [6, 6.07) is 7.98. The van der Waals surface area contributed by atoms with Crippen LogP contribution in [0.25, 0.3) is 0 Å². The van der Waals surface area contributed by atoms with Gasteiger partial charge in [0.05, 0.1) is 12.8 Å². The summed E-state index contributed by atoms with van der Waals surface area (Å²) in [5.41, 5.74) is 4.59. The third kappa shape index (κ3) is 5.12. The molecule has 0 radical (unpaired) electrons. The summed E-state index contributed by atoms with van der Waals surface area (Å²) >= 11 is 0. The molecule has 0 aliphatic carbocycles. The van der Waals surface area contributed by atoms with Crippen LogP contribution in [0.4, 0.5) is 0 Å². The average Bonchev–Trinajstić information content (AvgIpc) is 2.81. The van der Waals surface area contributed by atoms with Crippen molar-refractivity contribution in [3.8, 4) is 5.75 Å². The lowest BCUT2D eigenvalue weighted by Gasteiger charge is -2.12. The molecular weight excluding hydrogens is 417 g/mol. The third-order valence-corrected chi connectivity index (χ3v) is 3.93. The Morgan fingerprint density at radius 2 is 1.79 bits per heavy atom. The highest BCUT2D eigenvalue weighted by Crippen LogP contribution is 2.12. The van der Waals surface area contributed by atoms with Crippen molar-refractivity contribution in [1.82, 2.24) is 20.4 Å². The van der Waals surface area contributed by atoms with Crippen molar-refractivity contribution >= 4 is 29.9 Å². The number of guanidine groups is 1. The summed E-state index contributed by atoms with van der Waals surface area (Å²) in [5.74, 6) is 1.63. The highest BCUT2D eigenvalue weighted by atomic mass is 127. The first-order valence-corrected chi connectivity index (χ1v) is 7.61. The van der Waals surface area contributed by atoms with Gasteiger partial charge in [-0.25, -0.2) is 0 Å². The number of methoxy groups -OCH3 is 1. The Labute approximate surface area is 160 Å². The van der Waals surface area contributed by atoms with Crippen LogP contribution in [-0.2, 0) is 20.1 Å². The van der Waals surface area contributed by atoms with Crippen LogP contribution < -0.4 is 15.4 Å². The number of aliphatic imine (C=N–C) groups is 1. The van der Waals surface area contributed by atoms with Crippen LogP contribution in [0.5, 0.6) is 5.75 Å². The highest BCUT2D eigenvalue weighted by Gasteiger charge is 2.09. The molecule has 0 aliphatic heterocycles. The smallest absolute Gasteiger partial charge is 0.191 e. The molecule has 0 saturated carbocycles. The van der Waals surface area contributed by atoms with Gasteiger partial charge in [0, 0.05) is 38.4 Å². The fraction of sp³-hybridized carbons (Fsp3) is 0.412. The molecule has 0 amide bonds. The number of hydrogen-bond donors (Lipinski definition) is 2. The van der Waals surface area contributed by atoms with Gasteiger partial charge >= 0.3 is 0 Å². The quantitative estimate of drug-likeness (QED) is 0.424. The van der Waals surface area contributed by atoms with Crippen LogP contribution in [0.2, 0.25) is 0 Å². The molecule has 0 saturated heterocycles. The molecule has 0 unspecified atom stereocenters.